The van der Waals surface area contributed by atoms with Crippen molar-refractivity contribution >= 4 is 47.0 Å². The molecule has 0 saturated carbocycles. The minimum absolute atomic E-state index is 0.192. The quantitative estimate of drug-likeness (QED) is 0.128. The molecule has 0 bridgehead atoms. The maximum absolute atomic E-state index is 13.0. The van der Waals surface area contributed by atoms with Crippen LogP contribution >= 0.6 is 0 Å². The summed E-state index contributed by atoms with van der Waals surface area (Å²) in [6.07, 6.45) is -7.88. The summed E-state index contributed by atoms with van der Waals surface area (Å²) in [6, 6.07) is 0. The molecule has 0 N–H and O–H groups in total. The second-order valence-electron chi connectivity index (χ2n) is 7.97. The number of Topliss-reactive ketones (excluding diaryl/α,β-unsaturated/α-hetero) is 4. The van der Waals surface area contributed by atoms with Gasteiger partial charge in [0.2, 0.25) is 0 Å². The van der Waals surface area contributed by atoms with Gasteiger partial charge in [-0.2, -0.15) is 0 Å². The van der Waals surface area contributed by atoms with Crippen LogP contribution in [0, 0.1) is 0 Å². The maximum atomic E-state index is 13.0. The van der Waals surface area contributed by atoms with Gasteiger partial charge in [0.1, 0.15) is 0 Å². The van der Waals surface area contributed by atoms with E-state index in [4.69, 9.17) is 32.2 Å². The third-order valence-electron chi connectivity index (χ3n) is 4.57. The van der Waals surface area contributed by atoms with Crippen molar-refractivity contribution in [2.75, 3.05) is 26.4 Å². The van der Waals surface area contributed by atoms with E-state index in [0.717, 1.165) is 27.7 Å². The molecule has 0 fully saturated rings. The van der Waals surface area contributed by atoms with E-state index in [1.807, 2.05) is 0 Å². The molecular formula is C24H36O16Ti. The third-order valence-corrected chi connectivity index (χ3v) is 7.39. The summed E-state index contributed by atoms with van der Waals surface area (Å²) in [4.78, 5) is 100. The van der Waals surface area contributed by atoms with Gasteiger partial charge in [-0.25, -0.2) is 0 Å². The van der Waals surface area contributed by atoms with Gasteiger partial charge in [-0.15, -0.1) is 0 Å². The fourth-order valence-corrected chi connectivity index (χ4v) is 5.50. The Morgan fingerprint density at radius 2 is 0.585 bits per heavy atom. The number of carbonyl (C=O) groups excluding carboxylic acids is 8. The zero-order valence-electron chi connectivity index (χ0n) is 24.2. The first-order valence-electron chi connectivity index (χ1n) is 12.5. The summed E-state index contributed by atoms with van der Waals surface area (Å²) >= 11 is -6.64. The van der Waals surface area contributed by atoms with Gasteiger partial charge in [0.05, 0.1) is 0 Å². The van der Waals surface area contributed by atoms with Gasteiger partial charge in [0.25, 0.3) is 0 Å². The molecule has 232 valence electrons. The molecule has 0 amide bonds. The van der Waals surface area contributed by atoms with E-state index in [0.29, 0.717) is 0 Å². The summed E-state index contributed by atoms with van der Waals surface area (Å²) in [5, 5.41) is 0. The van der Waals surface area contributed by atoms with Crippen molar-refractivity contribution < 1.29 is 88.7 Å². The molecule has 17 heteroatoms. The number of hydrogen-bond donors (Lipinski definition) is 0. The Labute approximate surface area is 241 Å². The van der Waals surface area contributed by atoms with Crippen LogP contribution in [0.3, 0.4) is 0 Å². The van der Waals surface area contributed by atoms with E-state index >= 15 is 0 Å². The molecule has 0 saturated heterocycles. The van der Waals surface area contributed by atoms with E-state index in [-0.39, 0.29) is 26.4 Å². The van der Waals surface area contributed by atoms with Crippen molar-refractivity contribution in [1.29, 1.82) is 0 Å². The van der Waals surface area contributed by atoms with E-state index in [2.05, 4.69) is 0 Å². The van der Waals surface area contributed by atoms with Gasteiger partial charge >= 0.3 is 242 Å². The molecule has 0 radical (unpaired) electrons. The van der Waals surface area contributed by atoms with Gasteiger partial charge in [-0.05, 0) is 0 Å². The number of ether oxygens (including phenoxy) is 4. The zero-order valence-corrected chi connectivity index (χ0v) is 25.7. The average Bonchev–Trinajstić information content (AvgIpc) is 2.85. The Bertz CT molecular complexity index is 835. The SMILES string of the molecule is CCOC(C(C)=O)C(=O)[O][Ti]([O]C(=O)C(OCC)C(C)=O)([O]C(=O)C(OCC)C(C)=O)[O]C(=O)C(OCC)C(C)=O. The fraction of sp³-hybridized carbons (Fsp3) is 0.667. The molecule has 4 unspecified atom stereocenters. The number of carbonyl (C=O) groups is 8. The molecule has 4 atom stereocenters. The predicted octanol–water partition coefficient (Wildman–Crippen LogP) is -0.0505. The molecule has 41 heavy (non-hydrogen) atoms. The summed E-state index contributed by atoms with van der Waals surface area (Å²) in [6.45, 7) is 8.73. The first-order valence-corrected chi connectivity index (χ1v) is 15.1. The van der Waals surface area contributed by atoms with Crippen molar-refractivity contribution in [1.82, 2.24) is 0 Å². The monoisotopic (exact) mass is 628 g/mol. The van der Waals surface area contributed by atoms with E-state index in [1.54, 1.807) is 0 Å². The van der Waals surface area contributed by atoms with E-state index in [9.17, 15) is 38.4 Å². The van der Waals surface area contributed by atoms with Crippen LogP contribution in [0.25, 0.3) is 0 Å². The molecule has 0 aliphatic carbocycles. The summed E-state index contributed by atoms with van der Waals surface area (Å²) < 4.78 is 40.7. The molecule has 0 aliphatic rings. The Balaban J connectivity index is 7.13. The molecule has 0 aromatic heterocycles. The molecule has 0 spiro atoms. The Morgan fingerprint density at radius 3 is 0.707 bits per heavy atom. The van der Waals surface area contributed by atoms with Gasteiger partial charge in [-0.1, -0.05) is 0 Å². The normalized spacial score (nSPS) is 15.2. The molecule has 0 aromatic carbocycles. The number of rotatable bonds is 20. The van der Waals surface area contributed by atoms with E-state index in [1.165, 1.54) is 27.7 Å². The minimum atomic E-state index is -6.64. The second-order valence-corrected chi connectivity index (χ2v) is 10.8. The van der Waals surface area contributed by atoms with Crippen molar-refractivity contribution in [2.24, 2.45) is 0 Å². The number of hydrogen-bond acceptors (Lipinski definition) is 16. The van der Waals surface area contributed by atoms with Gasteiger partial charge in [0, 0.05) is 0 Å². The summed E-state index contributed by atoms with van der Waals surface area (Å²) in [5.41, 5.74) is 0. The first-order chi connectivity index (χ1) is 19.1. The van der Waals surface area contributed by atoms with Crippen LogP contribution in [0.1, 0.15) is 55.4 Å². The standard InChI is InChI=1S/4C6H10O4.Ti/c4*1-3-10-5(4(2)7)6(8)9;/h4*5H,3H2,1-2H3,(H,8,9);/q;;;;+4/p-4. The van der Waals surface area contributed by atoms with Gasteiger partial charge < -0.3 is 0 Å². The Hall–Kier alpha value is -2.89. The predicted molar refractivity (Wildman–Crippen MR) is 129 cm³/mol. The Morgan fingerprint density at radius 1 is 0.415 bits per heavy atom. The fourth-order valence-electron chi connectivity index (χ4n) is 2.90. The van der Waals surface area contributed by atoms with Crippen LogP contribution in [0.5, 0.6) is 0 Å². The van der Waals surface area contributed by atoms with Crippen molar-refractivity contribution in [3.05, 3.63) is 0 Å². The van der Waals surface area contributed by atoms with Crippen LogP contribution in [0.15, 0.2) is 0 Å². The van der Waals surface area contributed by atoms with Crippen LogP contribution in [-0.2, 0) is 88.7 Å². The molecule has 0 aliphatic heterocycles. The molecule has 0 aromatic rings. The van der Waals surface area contributed by atoms with Crippen LogP contribution in [0.4, 0.5) is 0 Å². The van der Waals surface area contributed by atoms with Crippen molar-refractivity contribution in [3.63, 3.8) is 0 Å². The molecule has 0 rings (SSSR count). The molecule has 0 heterocycles. The zero-order chi connectivity index (χ0) is 31.9. The van der Waals surface area contributed by atoms with Crippen LogP contribution < -0.4 is 0 Å². The van der Waals surface area contributed by atoms with Crippen molar-refractivity contribution in [3.8, 4) is 0 Å². The van der Waals surface area contributed by atoms with E-state index < -0.39 is 89.6 Å². The molecule has 16 nitrogen and oxygen atoms in total. The topological polar surface area (TPSA) is 210 Å². The first kappa shape index (κ1) is 38.1. The third kappa shape index (κ3) is 12.3. The summed E-state index contributed by atoms with van der Waals surface area (Å²) in [5.74, 6) is -10.1. The van der Waals surface area contributed by atoms with Crippen LogP contribution in [0.2, 0.25) is 0 Å². The van der Waals surface area contributed by atoms with Gasteiger partial charge in [-0.3, -0.25) is 0 Å². The van der Waals surface area contributed by atoms with Crippen LogP contribution in [-0.4, -0.2) is 97.9 Å². The van der Waals surface area contributed by atoms with Crippen molar-refractivity contribution in [2.45, 2.75) is 79.8 Å². The Kier molecular flexibility index (Phi) is 17.2. The van der Waals surface area contributed by atoms with Gasteiger partial charge in [0.15, 0.2) is 0 Å². The number of ketones is 4. The average molecular weight is 628 g/mol. The molecular weight excluding hydrogens is 592 g/mol. The second kappa shape index (κ2) is 18.5. The summed E-state index contributed by atoms with van der Waals surface area (Å²) in [7, 11) is 0.